The quantitative estimate of drug-likeness (QED) is 0.577. The lowest BCUT2D eigenvalue weighted by molar-refractivity contribution is 0.711. The van der Waals surface area contributed by atoms with E-state index in [0.29, 0.717) is 5.96 Å². The van der Waals surface area contributed by atoms with Crippen molar-refractivity contribution >= 4 is 5.96 Å². The number of nitrogens with zero attached hydrogens (tertiary/aromatic N) is 1. The van der Waals surface area contributed by atoms with E-state index in [2.05, 4.69) is 22.4 Å². The van der Waals surface area contributed by atoms with Gasteiger partial charge in [-0.1, -0.05) is 44.2 Å². The van der Waals surface area contributed by atoms with Crippen molar-refractivity contribution in [2.75, 3.05) is 7.05 Å². The zero-order valence-electron chi connectivity index (χ0n) is 9.99. The van der Waals surface area contributed by atoms with Crippen LogP contribution in [0.2, 0.25) is 0 Å². The molecule has 15 heavy (non-hydrogen) atoms. The average Bonchev–Trinajstić information content (AvgIpc) is 2.32. The maximum atomic E-state index is 5.55. The van der Waals surface area contributed by atoms with Crippen LogP contribution in [0.5, 0.6) is 0 Å². The summed E-state index contributed by atoms with van der Waals surface area (Å²) in [4.78, 5) is 3.84. The van der Waals surface area contributed by atoms with Crippen LogP contribution < -0.4 is 11.1 Å². The Morgan fingerprint density at radius 3 is 2.27 bits per heavy atom. The van der Waals surface area contributed by atoms with Crippen LogP contribution in [0.25, 0.3) is 0 Å². The van der Waals surface area contributed by atoms with Gasteiger partial charge in [-0.3, -0.25) is 4.99 Å². The summed E-state index contributed by atoms with van der Waals surface area (Å²) in [5.41, 5.74) is 6.75. The van der Waals surface area contributed by atoms with Gasteiger partial charge in [-0.05, 0) is 12.5 Å². The van der Waals surface area contributed by atoms with Gasteiger partial charge in [-0.2, -0.15) is 0 Å². The molecule has 0 aliphatic carbocycles. The second-order valence-electron chi connectivity index (χ2n) is 2.89. The van der Waals surface area contributed by atoms with Crippen LogP contribution in [-0.4, -0.2) is 13.0 Å². The Morgan fingerprint density at radius 2 is 1.80 bits per heavy atom. The molecule has 0 spiro atoms. The Labute approximate surface area is 92.4 Å². The molecule has 0 radical (unpaired) electrons. The molecule has 1 atom stereocenters. The SMILES string of the molecule is CC.CN=C(N)NC(C)c1ccccc1. The number of hydrogen-bond acceptors (Lipinski definition) is 1. The van der Waals surface area contributed by atoms with E-state index in [9.17, 15) is 0 Å². The minimum Gasteiger partial charge on any atom is -0.370 e. The average molecular weight is 207 g/mol. The molecule has 0 aliphatic heterocycles. The number of rotatable bonds is 2. The fourth-order valence-corrected chi connectivity index (χ4v) is 1.11. The van der Waals surface area contributed by atoms with Crippen molar-refractivity contribution in [1.82, 2.24) is 5.32 Å². The van der Waals surface area contributed by atoms with E-state index in [0.717, 1.165) is 0 Å². The van der Waals surface area contributed by atoms with E-state index in [4.69, 9.17) is 5.73 Å². The Hall–Kier alpha value is -1.51. The monoisotopic (exact) mass is 207 g/mol. The highest BCUT2D eigenvalue weighted by Crippen LogP contribution is 2.10. The molecule has 0 aliphatic rings. The van der Waals surface area contributed by atoms with Crippen molar-refractivity contribution < 1.29 is 0 Å². The van der Waals surface area contributed by atoms with Crippen molar-refractivity contribution in [2.45, 2.75) is 26.8 Å². The molecule has 1 rings (SSSR count). The van der Waals surface area contributed by atoms with Crippen LogP contribution in [0.1, 0.15) is 32.4 Å². The summed E-state index contributed by atoms with van der Waals surface area (Å²) in [5.74, 6) is 0.469. The molecule has 3 N–H and O–H groups in total. The van der Waals surface area contributed by atoms with Gasteiger partial charge in [0.05, 0.1) is 6.04 Å². The van der Waals surface area contributed by atoms with E-state index >= 15 is 0 Å². The third-order valence-corrected chi connectivity index (χ3v) is 1.90. The highest BCUT2D eigenvalue weighted by atomic mass is 15.1. The molecule has 0 saturated heterocycles. The smallest absolute Gasteiger partial charge is 0.188 e. The second kappa shape index (κ2) is 7.85. The zero-order valence-corrected chi connectivity index (χ0v) is 9.99. The maximum absolute atomic E-state index is 5.55. The lowest BCUT2D eigenvalue weighted by Crippen LogP contribution is -2.33. The highest BCUT2D eigenvalue weighted by molar-refractivity contribution is 5.78. The molecule has 84 valence electrons. The Bertz CT molecular complexity index is 280. The first-order valence-electron chi connectivity index (χ1n) is 5.27. The molecule has 1 unspecified atom stereocenters. The third kappa shape index (κ3) is 5.05. The molecule has 3 heteroatoms. The number of nitrogens with two attached hydrogens (primary N) is 1. The van der Waals surface area contributed by atoms with Crippen molar-refractivity contribution in [2.24, 2.45) is 10.7 Å². The molecule has 1 aromatic rings. The summed E-state index contributed by atoms with van der Waals surface area (Å²) in [5, 5.41) is 3.07. The standard InChI is InChI=1S/C10H15N3.C2H6/c1-8(13-10(11)12-2)9-6-4-3-5-7-9;1-2/h3-8H,1-2H3,(H3,11,12,13);1-2H3. The lowest BCUT2D eigenvalue weighted by atomic mass is 10.1. The number of guanidine groups is 1. The third-order valence-electron chi connectivity index (χ3n) is 1.90. The van der Waals surface area contributed by atoms with Gasteiger partial charge in [-0.15, -0.1) is 0 Å². The van der Waals surface area contributed by atoms with Gasteiger partial charge < -0.3 is 11.1 Å². The Balaban J connectivity index is 0.000000921. The highest BCUT2D eigenvalue weighted by Gasteiger charge is 2.03. The van der Waals surface area contributed by atoms with E-state index in [1.807, 2.05) is 39.0 Å². The number of aliphatic imine (C=N–C) groups is 1. The molecular formula is C12H21N3. The molecule has 0 heterocycles. The van der Waals surface area contributed by atoms with Gasteiger partial charge in [0, 0.05) is 7.05 Å². The normalized spacial score (nSPS) is 12.4. The Kier molecular flexibility index (Phi) is 7.06. The van der Waals surface area contributed by atoms with Gasteiger partial charge in [0.25, 0.3) is 0 Å². The predicted octanol–water partition coefficient (Wildman–Crippen LogP) is 2.31. The van der Waals surface area contributed by atoms with Crippen molar-refractivity contribution in [3.63, 3.8) is 0 Å². The van der Waals surface area contributed by atoms with Crippen LogP contribution in [-0.2, 0) is 0 Å². The minimum atomic E-state index is 0.199. The predicted molar refractivity (Wildman–Crippen MR) is 66.9 cm³/mol. The molecule has 3 nitrogen and oxygen atoms in total. The number of nitrogens with one attached hydrogen (secondary N) is 1. The van der Waals surface area contributed by atoms with Crippen molar-refractivity contribution in [1.29, 1.82) is 0 Å². The van der Waals surface area contributed by atoms with Crippen molar-refractivity contribution in [3.8, 4) is 0 Å². The van der Waals surface area contributed by atoms with Gasteiger partial charge >= 0.3 is 0 Å². The largest absolute Gasteiger partial charge is 0.370 e. The molecule has 0 bridgehead atoms. The first-order valence-corrected chi connectivity index (χ1v) is 5.27. The van der Waals surface area contributed by atoms with E-state index < -0.39 is 0 Å². The number of benzene rings is 1. The van der Waals surface area contributed by atoms with Gasteiger partial charge in [0.15, 0.2) is 5.96 Å². The van der Waals surface area contributed by atoms with E-state index in [1.54, 1.807) is 7.05 Å². The first kappa shape index (κ1) is 13.5. The summed E-state index contributed by atoms with van der Waals surface area (Å²) in [7, 11) is 1.67. The summed E-state index contributed by atoms with van der Waals surface area (Å²) in [6, 6.07) is 10.3. The Morgan fingerprint density at radius 1 is 1.27 bits per heavy atom. The molecule has 0 amide bonds. The summed E-state index contributed by atoms with van der Waals surface area (Å²) in [6.45, 7) is 6.05. The van der Waals surface area contributed by atoms with Crippen LogP contribution in [0.4, 0.5) is 0 Å². The van der Waals surface area contributed by atoms with Crippen LogP contribution >= 0.6 is 0 Å². The topological polar surface area (TPSA) is 50.4 Å². The second-order valence-corrected chi connectivity index (χ2v) is 2.89. The maximum Gasteiger partial charge on any atom is 0.188 e. The van der Waals surface area contributed by atoms with Crippen molar-refractivity contribution in [3.05, 3.63) is 35.9 Å². The van der Waals surface area contributed by atoms with Crippen LogP contribution in [0.3, 0.4) is 0 Å². The zero-order chi connectivity index (χ0) is 11.7. The molecule has 0 aromatic heterocycles. The van der Waals surface area contributed by atoms with Gasteiger partial charge in [-0.25, -0.2) is 0 Å². The van der Waals surface area contributed by atoms with Gasteiger partial charge in [0.2, 0.25) is 0 Å². The summed E-state index contributed by atoms with van der Waals surface area (Å²) < 4.78 is 0. The van der Waals surface area contributed by atoms with Gasteiger partial charge in [0.1, 0.15) is 0 Å². The van der Waals surface area contributed by atoms with E-state index in [-0.39, 0.29) is 6.04 Å². The van der Waals surface area contributed by atoms with Crippen LogP contribution in [0.15, 0.2) is 35.3 Å². The molecule has 0 saturated carbocycles. The first-order chi connectivity index (χ1) is 7.24. The van der Waals surface area contributed by atoms with Crippen LogP contribution in [0, 0.1) is 0 Å². The summed E-state index contributed by atoms with van der Waals surface area (Å²) >= 11 is 0. The lowest BCUT2D eigenvalue weighted by Gasteiger charge is -2.13. The number of hydrogen-bond donors (Lipinski definition) is 2. The molecular weight excluding hydrogens is 186 g/mol. The molecule has 0 fully saturated rings. The summed E-state index contributed by atoms with van der Waals surface area (Å²) in [6.07, 6.45) is 0. The fraction of sp³-hybridized carbons (Fsp3) is 0.417. The molecule has 1 aromatic carbocycles. The fourth-order valence-electron chi connectivity index (χ4n) is 1.11. The minimum absolute atomic E-state index is 0.199. The van der Waals surface area contributed by atoms with E-state index in [1.165, 1.54) is 5.56 Å².